The summed E-state index contributed by atoms with van der Waals surface area (Å²) in [6, 6.07) is 2.00. The summed E-state index contributed by atoms with van der Waals surface area (Å²) in [5, 5.41) is 8.56. The largest absolute Gasteiger partial charge is 0.462 e. The highest BCUT2D eigenvalue weighted by atomic mass is 16.5. The Bertz CT molecular complexity index is 1000. The van der Waals surface area contributed by atoms with Crippen LogP contribution in [-0.2, 0) is 9.53 Å². The molecule has 1 saturated carbocycles. The third-order valence-electron chi connectivity index (χ3n) is 4.66. The second kappa shape index (κ2) is 7.50. The number of amides is 1. The lowest BCUT2D eigenvalue weighted by atomic mass is 10.1. The molecule has 1 amide bonds. The van der Waals surface area contributed by atoms with Crippen molar-refractivity contribution in [1.82, 2.24) is 15.0 Å². The van der Waals surface area contributed by atoms with Crippen molar-refractivity contribution in [2.45, 2.75) is 32.6 Å². The minimum absolute atomic E-state index is 0.0530. The van der Waals surface area contributed by atoms with Crippen LogP contribution in [-0.4, -0.2) is 45.7 Å². The fourth-order valence-corrected chi connectivity index (χ4v) is 3.03. The molecule has 2 aromatic rings. The molecule has 4 rings (SSSR count). The maximum absolute atomic E-state index is 12.4. The van der Waals surface area contributed by atoms with Crippen molar-refractivity contribution in [1.29, 1.82) is 0 Å². The number of esters is 1. The summed E-state index contributed by atoms with van der Waals surface area (Å²) >= 11 is 0. The van der Waals surface area contributed by atoms with E-state index in [2.05, 4.69) is 27.0 Å². The van der Waals surface area contributed by atoms with E-state index in [-0.39, 0.29) is 30.6 Å². The summed E-state index contributed by atoms with van der Waals surface area (Å²) < 4.78 is 10.8. The predicted octanol–water partition coefficient (Wildman–Crippen LogP) is 2.77. The molecule has 0 atom stereocenters. The maximum atomic E-state index is 12.4. The summed E-state index contributed by atoms with van der Waals surface area (Å²) in [4.78, 5) is 32.0. The van der Waals surface area contributed by atoms with Crippen molar-refractivity contribution in [3.8, 4) is 0 Å². The Labute approximate surface area is 167 Å². The number of hydrogen-bond acceptors (Lipinski definition) is 8. The summed E-state index contributed by atoms with van der Waals surface area (Å²) in [6.45, 7) is 7.83. The molecule has 1 aliphatic heterocycles. The molecule has 150 valence electrons. The van der Waals surface area contributed by atoms with Crippen LogP contribution in [0.3, 0.4) is 0 Å². The Hall–Kier alpha value is -3.49. The van der Waals surface area contributed by atoms with Gasteiger partial charge in [0.2, 0.25) is 11.9 Å². The first-order chi connectivity index (χ1) is 14.0. The van der Waals surface area contributed by atoms with Gasteiger partial charge in [0, 0.05) is 23.9 Å². The lowest BCUT2D eigenvalue weighted by molar-refractivity contribution is -0.116. The second-order valence-electron chi connectivity index (χ2n) is 6.92. The lowest BCUT2D eigenvalue weighted by Crippen LogP contribution is -2.31. The highest BCUT2D eigenvalue weighted by Crippen LogP contribution is 2.43. The Morgan fingerprint density at radius 2 is 2.07 bits per heavy atom. The maximum Gasteiger partial charge on any atom is 0.341 e. The summed E-state index contributed by atoms with van der Waals surface area (Å²) in [5.74, 6) is 1.36. The molecule has 0 saturated heterocycles. The van der Waals surface area contributed by atoms with Crippen molar-refractivity contribution in [2.24, 2.45) is 5.10 Å². The summed E-state index contributed by atoms with van der Waals surface area (Å²) in [6.07, 6.45) is 4.88. The molecule has 1 fully saturated rings. The first-order valence-corrected chi connectivity index (χ1v) is 9.41. The summed E-state index contributed by atoms with van der Waals surface area (Å²) in [7, 11) is 0. The van der Waals surface area contributed by atoms with Gasteiger partial charge in [-0.25, -0.2) is 14.8 Å². The third kappa shape index (κ3) is 3.89. The second-order valence-corrected chi connectivity index (χ2v) is 6.92. The predicted molar refractivity (Wildman–Crippen MR) is 105 cm³/mol. The van der Waals surface area contributed by atoms with Gasteiger partial charge in [-0.05, 0) is 32.8 Å². The molecule has 2 aromatic heterocycles. The number of carbonyl (C=O) groups is 2. The molecule has 0 radical (unpaired) electrons. The van der Waals surface area contributed by atoms with Crippen LogP contribution in [0, 0.1) is 0 Å². The van der Waals surface area contributed by atoms with Crippen LogP contribution in [0.15, 0.2) is 34.6 Å². The van der Waals surface area contributed by atoms with Crippen LogP contribution >= 0.6 is 0 Å². The Morgan fingerprint density at radius 1 is 1.34 bits per heavy atom. The SMILES string of the molecule is C=C1c2cc(C3CC3)oc2C(C)=NN1CC(=O)Nc1ncc(C(=O)OCC)cn1. The molecule has 3 heterocycles. The monoisotopic (exact) mass is 395 g/mol. The van der Waals surface area contributed by atoms with E-state index < -0.39 is 5.97 Å². The van der Waals surface area contributed by atoms with Crippen LogP contribution in [0.25, 0.3) is 5.70 Å². The minimum atomic E-state index is -0.513. The number of nitrogens with zero attached hydrogens (tertiary/aromatic N) is 4. The van der Waals surface area contributed by atoms with E-state index in [0.717, 1.165) is 24.2 Å². The fourth-order valence-electron chi connectivity index (χ4n) is 3.03. The van der Waals surface area contributed by atoms with E-state index in [9.17, 15) is 9.59 Å². The van der Waals surface area contributed by atoms with Gasteiger partial charge < -0.3 is 9.15 Å². The number of ether oxygens (including phenoxy) is 1. The Balaban J connectivity index is 1.41. The van der Waals surface area contributed by atoms with Crippen molar-refractivity contribution in [2.75, 3.05) is 18.5 Å². The van der Waals surface area contributed by atoms with E-state index in [0.29, 0.717) is 23.1 Å². The van der Waals surface area contributed by atoms with Gasteiger partial charge in [0.05, 0.1) is 17.9 Å². The normalized spacial score (nSPS) is 15.6. The molecule has 0 unspecified atom stereocenters. The zero-order valence-electron chi connectivity index (χ0n) is 16.3. The molecule has 0 aromatic carbocycles. The number of anilines is 1. The van der Waals surface area contributed by atoms with Crippen LogP contribution in [0.4, 0.5) is 5.95 Å². The van der Waals surface area contributed by atoms with Crippen LogP contribution < -0.4 is 5.32 Å². The molecule has 9 nitrogen and oxygen atoms in total. The molecular weight excluding hydrogens is 374 g/mol. The molecule has 1 aliphatic carbocycles. The van der Waals surface area contributed by atoms with Crippen molar-refractivity contribution < 1.29 is 18.7 Å². The molecule has 1 N–H and O–H groups in total. The molecule has 9 heteroatoms. The summed E-state index contributed by atoms with van der Waals surface area (Å²) in [5.41, 5.74) is 2.38. The van der Waals surface area contributed by atoms with Gasteiger partial charge in [-0.1, -0.05) is 6.58 Å². The third-order valence-corrected chi connectivity index (χ3v) is 4.66. The van der Waals surface area contributed by atoms with Crippen molar-refractivity contribution in [3.05, 3.63) is 47.7 Å². The molecule has 29 heavy (non-hydrogen) atoms. The molecular formula is C20H21N5O4. The number of aromatic nitrogens is 2. The number of hydrazone groups is 1. The van der Waals surface area contributed by atoms with Crippen LogP contribution in [0.5, 0.6) is 0 Å². The Kier molecular flexibility index (Phi) is 4.87. The Morgan fingerprint density at radius 3 is 2.72 bits per heavy atom. The lowest BCUT2D eigenvalue weighted by Gasteiger charge is -2.25. The number of carbonyl (C=O) groups excluding carboxylic acids is 2. The highest BCUT2D eigenvalue weighted by molar-refractivity contribution is 6.03. The van der Waals surface area contributed by atoms with Gasteiger partial charge >= 0.3 is 5.97 Å². The molecule has 0 bridgehead atoms. The van der Waals surface area contributed by atoms with Crippen molar-refractivity contribution >= 4 is 29.2 Å². The average Bonchev–Trinajstić information content (AvgIpc) is 3.44. The first-order valence-electron chi connectivity index (χ1n) is 9.41. The van der Waals surface area contributed by atoms with Gasteiger partial charge in [0.15, 0.2) is 5.76 Å². The van der Waals surface area contributed by atoms with E-state index in [4.69, 9.17) is 9.15 Å². The number of furan rings is 1. The topological polar surface area (TPSA) is 110 Å². The van der Waals surface area contributed by atoms with Gasteiger partial charge in [-0.15, -0.1) is 0 Å². The zero-order chi connectivity index (χ0) is 20.5. The standard InChI is InChI=1S/C20H21N5O4/c1-4-28-19(27)14-8-21-20(22-9-14)23-17(26)10-25-12(3)15-7-16(13-5-6-13)29-18(15)11(2)24-25/h7-9,13H,3-6,10H2,1-2H3,(H,21,22,23,26). The minimum Gasteiger partial charge on any atom is -0.462 e. The van der Waals surface area contributed by atoms with Crippen LogP contribution in [0.1, 0.15) is 60.0 Å². The van der Waals surface area contributed by atoms with Gasteiger partial charge in [-0.3, -0.25) is 15.1 Å². The van der Waals surface area contributed by atoms with Crippen molar-refractivity contribution in [3.63, 3.8) is 0 Å². The van der Waals surface area contributed by atoms with Crippen LogP contribution in [0.2, 0.25) is 0 Å². The fraction of sp³-hybridized carbons (Fsp3) is 0.350. The van der Waals surface area contributed by atoms with E-state index in [1.165, 1.54) is 17.4 Å². The van der Waals surface area contributed by atoms with Gasteiger partial charge in [-0.2, -0.15) is 5.10 Å². The van der Waals surface area contributed by atoms with E-state index in [1.807, 2.05) is 13.0 Å². The smallest absolute Gasteiger partial charge is 0.341 e. The van der Waals surface area contributed by atoms with E-state index >= 15 is 0 Å². The van der Waals surface area contributed by atoms with E-state index in [1.54, 1.807) is 6.92 Å². The number of nitrogens with one attached hydrogen (secondary N) is 1. The molecule has 0 spiro atoms. The van der Waals surface area contributed by atoms with Gasteiger partial charge in [0.25, 0.3) is 0 Å². The quantitative estimate of drug-likeness (QED) is 0.749. The number of fused-ring (bicyclic) bond motifs is 1. The zero-order valence-corrected chi connectivity index (χ0v) is 16.3. The van der Waals surface area contributed by atoms with Gasteiger partial charge in [0.1, 0.15) is 18.0 Å². The number of hydrogen-bond donors (Lipinski definition) is 1. The highest BCUT2D eigenvalue weighted by Gasteiger charge is 2.32. The average molecular weight is 395 g/mol. The number of rotatable bonds is 6. The molecule has 2 aliphatic rings. The first kappa shape index (κ1) is 18.9.